The maximum absolute atomic E-state index is 13.7. The lowest BCUT2D eigenvalue weighted by Crippen LogP contribution is -2.43. The van der Waals surface area contributed by atoms with Crippen LogP contribution in [0.3, 0.4) is 0 Å². The van der Waals surface area contributed by atoms with Crippen molar-refractivity contribution >= 4 is 46.0 Å². The summed E-state index contributed by atoms with van der Waals surface area (Å²) in [6, 6.07) is 19.3. The van der Waals surface area contributed by atoms with E-state index in [1.165, 1.54) is 28.2 Å². The predicted molar refractivity (Wildman–Crippen MR) is 172 cm³/mol. The third-order valence-corrected chi connectivity index (χ3v) is 11.1. The minimum atomic E-state index is -1.84. The molecule has 0 spiro atoms. The molecule has 1 aliphatic carbocycles. The molecule has 2 aromatic carbocycles. The minimum absolute atomic E-state index is 0.243. The van der Waals surface area contributed by atoms with E-state index in [0.29, 0.717) is 9.75 Å². The number of thiophene rings is 2. The second kappa shape index (κ2) is 12.4. The summed E-state index contributed by atoms with van der Waals surface area (Å²) < 4.78 is 8.02. The van der Waals surface area contributed by atoms with E-state index >= 15 is 0 Å². The highest BCUT2D eigenvalue weighted by molar-refractivity contribution is 7.16. The van der Waals surface area contributed by atoms with Crippen LogP contribution in [-0.2, 0) is 34.5 Å². The van der Waals surface area contributed by atoms with Crippen LogP contribution in [0.2, 0.25) is 0 Å². The van der Waals surface area contributed by atoms with Crippen molar-refractivity contribution in [3.63, 3.8) is 0 Å². The molecule has 0 bridgehead atoms. The standard InChI is InChI=1S/C34H34N4O4S2/c39-22-24-21-28-32(27-10-4-9-26(24)27)38(36-35-28)17-6-16-37-18-14-25(15-19-37)42-33(40)34(41,30-11-5-20-43-30)31-13-12-29(44-31)23-7-2-1-3-8-23/h1-3,5,7-8,11-13,20-22,25,41H,4,6,9-10,14-19H2/t34-/m1/s1. The van der Waals surface area contributed by atoms with Crippen LogP contribution in [0.1, 0.15) is 56.9 Å². The van der Waals surface area contributed by atoms with E-state index in [1.807, 2.05) is 64.7 Å². The lowest BCUT2D eigenvalue weighted by atomic mass is 9.99. The van der Waals surface area contributed by atoms with Crippen LogP contribution in [0.25, 0.3) is 21.5 Å². The Kier molecular flexibility index (Phi) is 8.16. The van der Waals surface area contributed by atoms with Crippen molar-refractivity contribution in [3.05, 3.63) is 92.5 Å². The van der Waals surface area contributed by atoms with Crippen molar-refractivity contribution < 1.29 is 19.4 Å². The Morgan fingerprint density at radius 2 is 1.84 bits per heavy atom. The van der Waals surface area contributed by atoms with Gasteiger partial charge in [-0.1, -0.05) is 41.6 Å². The third kappa shape index (κ3) is 5.40. The molecule has 0 unspecified atom stereocenters. The molecular weight excluding hydrogens is 593 g/mol. The molecule has 1 aliphatic heterocycles. The van der Waals surface area contributed by atoms with Crippen molar-refractivity contribution in [1.82, 2.24) is 19.9 Å². The fourth-order valence-electron chi connectivity index (χ4n) is 6.58. The summed E-state index contributed by atoms with van der Waals surface area (Å²) in [4.78, 5) is 29.8. The molecule has 4 heterocycles. The summed E-state index contributed by atoms with van der Waals surface area (Å²) in [5.74, 6) is -0.608. The number of fused-ring (bicyclic) bond motifs is 3. The molecular formula is C34H34N4O4S2. The molecule has 1 N–H and O–H groups in total. The first-order valence-corrected chi connectivity index (χ1v) is 16.9. The number of hydrogen-bond acceptors (Lipinski definition) is 9. The van der Waals surface area contributed by atoms with Gasteiger partial charge in [0, 0.05) is 30.1 Å². The van der Waals surface area contributed by atoms with Crippen molar-refractivity contribution in [2.75, 3.05) is 19.6 Å². The topological polar surface area (TPSA) is 97.5 Å². The van der Waals surface area contributed by atoms with Gasteiger partial charge in [0.1, 0.15) is 17.9 Å². The third-order valence-electron chi connectivity index (χ3n) is 8.88. The van der Waals surface area contributed by atoms with Crippen LogP contribution < -0.4 is 0 Å². The molecule has 5 aromatic rings. The molecule has 10 heteroatoms. The van der Waals surface area contributed by atoms with E-state index in [1.54, 1.807) is 6.07 Å². The number of nitrogens with zero attached hydrogens (tertiary/aromatic N) is 4. The van der Waals surface area contributed by atoms with E-state index in [9.17, 15) is 14.7 Å². The van der Waals surface area contributed by atoms with Gasteiger partial charge in [0.25, 0.3) is 0 Å². The SMILES string of the molecule is O=Cc1cc2nnn(CCCN3CCC(OC(=O)[C@@](O)(c4cccs4)c4ccc(-c5ccccc5)s4)CC3)c2c2c1CCC2. The number of aromatic nitrogens is 3. The molecule has 7 rings (SSSR count). The number of aldehydes is 1. The number of esters is 1. The van der Waals surface area contributed by atoms with Gasteiger partial charge in [0.15, 0.2) is 0 Å². The van der Waals surface area contributed by atoms with Crippen LogP contribution in [-0.4, -0.2) is 63.0 Å². The van der Waals surface area contributed by atoms with E-state index in [4.69, 9.17) is 4.74 Å². The molecule has 3 aromatic heterocycles. The summed E-state index contributed by atoms with van der Waals surface area (Å²) >= 11 is 2.78. The number of ether oxygens (including phenoxy) is 1. The van der Waals surface area contributed by atoms with Crippen molar-refractivity contribution in [2.24, 2.45) is 0 Å². The zero-order valence-corrected chi connectivity index (χ0v) is 26.0. The largest absolute Gasteiger partial charge is 0.460 e. The smallest absolute Gasteiger partial charge is 0.349 e. The molecule has 0 radical (unpaired) electrons. The monoisotopic (exact) mass is 626 g/mol. The van der Waals surface area contributed by atoms with Crippen LogP contribution in [0.5, 0.6) is 0 Å². The van der Waals surface area contributed by atoms with Gasteiger partial charge in [0.05, 0.1) is 15.3 Å². The second-order valence-electron chi connectivity index (χ2n) is 11.6. The first kappa shape index (κ1) is 29.0. The summed E-state index contributed by atoms with van der Waals surface area (Å²) in [5.41, 5.74) is 4.24. The molecule has 1 saturated heterocycles. The van der Waals surface area contributed by atoms with E-state index in [0.717, 1.165) is 104 Å². The Morgan fingerprint density at radius 3 is 2.61 bits per heavy atom. The van der Waals surface area contributed by atoms with Crippen LogP contribution in [0.15, 0.2) is 66.0 Å². The Morgan fingerprint density at radius 1 is 1.02 bits per heavy atom. The fraction of sp³-hybridized carbons (Fsp3) is 0.353. The molecule has 0 amide bonds. The molecule has 8 nitrogen and oxygen atoms in total. The van der Waals surface area contributed by atoms with E-state index < -0.39 is 11.6 Å². The van der Waals surface area contributed by atoms with Crippen molar-refractivity contribution in [3.8, 4) is 10.4 Å². The normalized spacial score (nSPS) is 17.0. The Balaban J connectivity index is 0.967. The molecule has 1 fully saturated rings. The number of aliphatic hydroxyl groups is 1. The van der Waals surface area contributed by atoms with Crippen LogP contribution in [0, 0.1) is 0 Å². The van der Waals surface area contributed by atoms with Crippen LogP contribution >= 0.6 is 22.7 Å². The number of piperidine rings is 1. The number of carbonyl (C=O) groups is 2. The maximum Gasteiger partial charge on any atom is 0.349 e. The number of likely N-dealkylation sites (tertiary alicyclic amines) is 1. The summed E-state index contributed by atoms with van der Waals surface area (Å²) in [7, 11) is 0. The second-order valence-corrected chi connectivity index (χ2v) is 13.6. The van der Waals surface area contributed by atoms with Crippen LogP contribution in [0.4, 0.5) is 0 Å². The van der Waals surface area contributed by atoms with Gasteiger partial charge in [-0.15, -0.1) is 27.8 Å². The molecule has 44 heavy (non-hydrogen) atoms. The summed E-state index contributed by atoms with van der Waals surface area (Å²) in [5, 5.41) is 22.6. The van der Waals surface area contributed by atoms with Gasteiger partial charge in [-0.2, -0.15) is 0 Å². The first-order valence-electron chi connectivity index (χ1n) is 15.2. The zero-order valence-electron chi connectivity index (χ0n) is 24.4. The number of hydrogen-bond donors (Lipinski definition) is 1. The van der Waals surface area contributed by atoms with Crippen molar-refractivity contribution in [2.45, 2.75) is 56.8 Å². The average Bonchev–Trinajstić information content (AvgIpc) is 3.88. The number of carbonyl (C=O) groups excluding carboxylic acids is 2. The van der Waals surface area contributed by atoms with E-state index in [2.05, 4.69) is 15.2 Å². The summed E-state index contributed by atoms with van der Waals surface area (Å²) in [6.45, 7) is 3.32. The molecule has 0 saturated carbocycles. The lowest BCUT2D eigenvalue weighted by Gasteiger charge is -2.33. The fourth-order valence-corrected chi connectivity index (χ4v) is 8.58. The Bertz CT molecular complexity index is 1770. The Labute approximate surface area is 263 Å². The van der Waals surface area contributed by atoms with E-state index in [-0.39, 0.29) is 6.10 Å². The maximum atomic E-state index is 13.7. The van der Waals surface area contributed by atoms with Gasteiger partial charge in [0.2, 0.25) is 5.60 Å². The van der Waals surface area contributed by atoms with Gasteiger partial charge < -0.3 is 14.7 Å². The molecule has 1 atom stereocenters. The number of rotatable bonds is 10. The highest BCUT2D eigenvalue weighted by Crippen LogP contribution is 2.41. The minimum Gasteiger partial charge on any atom is -0.460 e. The number of aryl methyl sites for hydroxylation is 2. The van der Waals surface area contributed by atoms with Gasteiger partial charge in [-0.3, -0.25) is 4.79 Å². The number of benzene rings is 2. The Hall–Kier alpha value is -3.70. The highest BCUT2D eigenvalue weighted by atomic mass is 32.1. The molecule has 2 aliphatic rings. The predicted octanol–water partition coefficient (Wildman–Crippen LogP) is 5.86. The lowest BCUT2D eigenvalue weighted by molar-refractivity contribution is -0.169. The van der Waals surface area contributed by atoms with Gasteiger partial charge in [-0.05, 0) is 91.4 Å². The average molecular weight is 627 g/mol. The first-order chi connectivity index (χ1) is 21.5. The summed E-state index contributed by atoms with van der Waals surface area (Å²) in [6.07, 6.45) is 6.04. The quantitative estimate of drug-likeness (QED) is 0.153. The van der Waals surface area contributed by atoms with Gasteiger partial charge >= 0.3 is 5.97 Å². The van der Waals surface area contributed by atoms with Gasteiger partial charge in [-0.25, -0.2) is 9.48 Å². The van der Waals surface area contributed by atoms with Crippen molar-refractivity contribution in [1.29, 1.82) is 0 Å². The zero-order chi connectivity index (χ0) is 30.1. The molecule has 226 valence electrons. The highest BCUT2D eigenvalue weighted by Gasteiger charge is 2.45.